The van der Waals surface area contributed by atoms with Gasteiger partial charge in [0.05, 0.1) is 7.11 Å². The molecule has 5 nitrogen and oxygen atoms in total. The molecule has 0 aliphatic rings. The Bertz CT molecular complexity index is 237. The maximum Gasteiger partial charge on any atom is 0.412 e. The Labute approximate surface area is 63.4 Å². The SMILES string of the molecule is COC(=O)Nc1[c]nccn1. The van der Waals surface area contributed by atoms with Crippen molar-refractivity contribution in [2.45, 2.75) is 0 Å². The third-order valence-corrected chi connectivity index (χ3v) is 0.921. The van der Waals surface area contributed by atoms with E-state index < -0.39 is 6.09 Å². The summed E-state index contributed by atoms with van der Waals surface area (Å²) >= 11 is 0. The minimum absolute atomic E-state index is 0.249. The number of amides is 1. The summed E-state index contributed by atoms with van der Waals surface area (Å²) in [5, 5.41) is 2.30. The lowest BCUT2D eigenvalue weighted by atomic mass is 10.7. The highest BCUT2D eigenvalue weighted by Gasteiger charge is 1.99. The molecule has 1 heterocycles. The Morgan fingerprint density at radius 3 is 3.09 bits per heavy atom. The first kappa shape index (κ1) is 7.46. The molecule has 0 aliphatic carbocycles. The summed E-state index contributed by atoms with van der Waals surface area (Å²) in [6.07, 6.45) is 4.79. The van der Waals surface area contributed by atoms with Crippen LogP contribution in [0.1, 0.15) is 0 Å². The number of ether oxygens (including phenoxy) is 1. The zero-order valence-electron chi connectivity index (χ0n) is 5.87. The summed E-state index contributed by atoms with van der Waals surface area (Å²) in [6.45, 7) is 0. The lowest BCUT2D eigenvalue weighted by molar-refractivity contribution is 0.187. The fourth-order valence-electron chi connectivity index (χ4n) is 0.476. The number of nitrogens with one attached hydrogen (secondary N) is 1. The van der Waals surface area contributed by atoms with Gasteiger partial charge in [0.1, 0.15) is 6.20 Å². The van der Waals surface area contributed by atoms with Crippen molar-refractivity contribution in [2.75, 3.05) is 12.4 Å². The zero-order chi connectivity index (χ0) is 8.10. The van der Waals surface area contributed by atoms with Gasteiger partial charge in [-0.1, -0.05) is 0 Å². The lowest BCUT2D eigenvalue weighted by Gasteiger charge is -1.98. The van der Waals surface area contributed by atoms with E-state index in [0.29, 0.717) is 0 Å². The topological polar surface area (TPSA) is 64.1 Å². The van der Waals surface area contributed by atoms with Gasteiger partial charge < -0.3 is 4.74 Å². The van der Waals surface area contributed by atoms with Crippen LogP contribution in [0.25, 0.3) is 0 Å². The van der Waals surface area contributed by atoms with Gasteiger partial charge in [-0.2, -0.15) is 0 Å². The molecule has 5 heteroatoms. The number of hydrogen-bond donors (Lipinski definition) is 1. The summed E-state index contributed by atoms with van der Waals surface area (Å²) in [5.74, 6) is 0.249. The van der Waals surface area contributed by atoms with E-state index in [1.54, 1.807) is 0 Å². The molecule has 0 bridgehead atoms. The summed E-state index contributed by atoms with van der Waals surface area (Å²) in [6, 6.07) is 0. The molecule has 1 radical (unpaired) electrons. The van der Waals surface area contributed by atoms with Gasteiger partial charge in [-0.05, 0) is 0 Å². The molecule has 57 valence electrons. The zero-order valence-corrected chi connectivity index (χ0v) is 5.87. The molecule has 1 rings (SSSR count). The Morgan fingerprint density at radius 2 is 2.55 bits per heavy atom. The molecule has 1 aromatic heterocycles. The molecule has 0 atom stereocenters. The fourth-order valence-corrected chi connectivity index (χ4v) is 0.476. The predicted molar refractivity (Wildman–Crippen MR) is 36.9 cm³/mol. The Kier molecular flexibility index (Phi) is 2.37. The highest BCUT2D eigenvalue weighted by Crippen LogP contribution is 1.95. The molecule has 1 N–H and O–H groups in total. The molecule has 0 unspecified atom stereocenters. The Hall–Kier alpha value is -1.65. The van der Waals surface area contributed by atoms with Crippen molar-refractivity contribution in [3.8, 4) is 0 Å². The maximum absolute atomic E-state index is 10.6. The van der Waals surface area contributed by atoms with E-state index in [2.05, 4.69) is 26.2 Å². The molecule has 0 spiro atoms. The molecule has 1 amide bonds. The number of rotatable bonds is 1. The third-order valence-electron chi connectivity index (χ3n) is 0.921. The monoisotopic (exact) mass is 152 g/mol. The molecule has 11 heavy (non-hydrogen) atoms. The summed E-state index contributed by atoms with van der Waals surface area (Å²) in [7, 11) is 1.27. The van der Waals surface area contributed by atoms with Gasteiger partial charge in [-0.25, -0.2) is 14.8 Å². The van der Waals surface area contributed by atoms with Crippen molar-refractivity contribution in [1.29, 1.82) is 0 Å². The van der Waals surface area contributed by atoms with E-state index in [1.165, 1.54) is 19.5 Å². The largest absolute Gasteiger partial charge is 0.453 e. The van der Waals surface area contributed by atoms with E-state index >= 15 is 0 Å². The van der Waals surface area contributed by atoms with E-state index in [1.807, 2.05) is 0 Å². The van der Waals surface area contributed by atoms with Crippen LogP contribution in [-0.4, -0.2) is 23.2 Å². The molecule has 0 saturated heterocycles. The van der Waals surface area contributed by atoms with Crippen LogP contribution in [0.15, 0.2) is 12.4 Å². The van der Waals surface area contributed by atoms with Crippen molar-refractivity contribution in [3.63, 3.8) is 0 Å². The van der Waals surface area contributed by atoms with Crippen LogP contribution in [0.2, 0.25) is 0 Å². The number of carbonyl (C=O) groups excluding carboxylic acids is 1. The van der Waals surface area contributed by atoms with Crippen LogP contribution in [-0.2, 0) is 4.74 Å². The van der Waals surface area contributed by atoms with Crippen molar-refractivity contribution >= 4 is 11.9 Å². The van der Waals surface area contributed by atoms with Crippen LogP contribution in [0, 0.1) is 6.20 Å². The number of methoxy groups -OCH3 is 1. The van der Waals surface area contributed by atoms with Crippen molar-refractivity contribution in [1.82, 2.24) is 9.97 Å². The molecule has 0 fully saturated rings. The Morgan fingerprint density at radius 1 is 1.73 bits per heavy atom. The predicted octanol–water partition coefficient (Wildman–Crippen LogP) is 0.455. The molecule has 1 aromatic rings. The highest BCUT2D eigenvalue weighted by molar-refractivity contribution is 5.82. The van der Waals surface area contributed by atoms with E-state index in [9.17, 15) is 4.79 Å². The van der Waals surface area contributed by atoms with Gasteiger partial charge in [-0.3, -0.25) is 5.32 Å². The third kappa shape index (κ3) is 2.21. The molecular weight excluding hydrogens is 146 g/mol. The molecule has 0 aromatic carbocycles. The van der Waals surface area contributed by atoms with Crippen molar-refractivity contribution in [3.05, 3.63) is 18.6 Å². The van der Waals surface area contributed by atoms with Crippen molar-refractivity contribution in [2.24, 2.45) is 0 Å². The van der Waals surface area contributed by atoms with E-state index in [4.69, 9.17) is 0 Å². The number of carbonyl (C=O) groups is 1. The van der Waals surface area contributed by atoms with Crippen LogP contribution < -0.4 is 5.32 Å². The molecule has 0 saturated carbocycles. The van der Waals surface area contributed by atoms with Gasteiger partial charge in [0.25, 0.3) is 0 Å². The highest BCUT2D eigenvalue weighted by atomic mass is 16.5. The minimum Gasteiger partial charge on any atom is -0.453 e. The first-order valence-corrected chi connectivity index (χ1v) is 2.86. The second kappa shape index (κ2) is 3.50. The van der Waals surface area contributed by atoms with Gasteiger partial charge in [0.15, 0.2) is 5.82 Å². The summed E-state index contributed by atoms with van der Waals surface area (Å²) < 4.78 is 4.32. The molecule has 0 aliphatic heterocycles. The normalized spacial score (nSPS) is 8.82. The first-order chi connectivity index (χ1) is 5.33. The number of anilines is 1. The van der Waals surface area contributed by atoms with Gasteiger partial charge in [-0.15, -0.1) is 0 Å². The van der Waals surface area contributed by atoms with Crippen LogP contribution in [0.4, 0.5) is 10.6 Å². The molecular formula is C6H6N3O2. The number of hydrogen-bond acceptors (Lipinski definition) is 4. The average Bonchev–Trinajstić information content (AvgIpc) is 2.06. The fraction of sp³-hybridized carbons (Fsp3) is 0.167. The summed E-state index contributed by atoms with van der Waals surface area (Å²) in [4.78, 5) is 17.9. The smallest absolute Gasteiger partial charge is 0.412 e. The maximum atomic E-state index is 10.6. The van der Waals surface area contributed by atoms with E-state index in [-0.39, 0.29) is 5.82 Å². The number of aromatic nitrogens is 2. The first-order valence-electron chi connectivity index (χ1n) is 2.86. The van der Waals surface area contributed by atoms with Gasteiger partial charge in [0.2, 0.25) is 0 Å². The van der Waals surface area contributed by atoms with Gasteiger partial charge >= 0.3 is 6.09 Å². The second-order valence-corrected chi connectivity index (χ2v) is 1.63. The minimum atomic E-state index is -0.582. The summed E-state index contributed by atoms with van der Waals surface area (Å²) in [5.41, 5.74) is 0. The number of nitrogens with zero attached hydrogens (tertiary/aromatic N) is 2. The second-order valence-electron chi connectivity index (χ2n) is 1.63. The quantitative estimate of drug-likeness (QED) is 0.634. The van der Waals surface area contributed by atoms with E-state index in [0.717, 1.165) is 0 Å². The van der Waals surface area contributed by atoms with Crippen LogP contribution in [0.5, 0.6) is 0 Å². The van der Waals surface area contributed by atoms with Crippen LogP contribution in [0.3, 0.4) is 0 Å². The van der Waals surface area contributed by atoms with Crippen LogP contribution >= 0.6 is 0 Å². The average molecular weight is 152 g/mol. The lowest BCUT2D eigenvalue weighted by Crippen LogP contribution is -2.12. The standard InChI is InChI=1S/C6H6N3O2/c1-11-6(10)9-5-4-7-2-3-8-5/h2-3H,1H3,(H,8,9,10). The van der Waals surface area contributed by atoms with Gasteiger partial charge in [0, 0.05) is 12.4 Å². The Balaban J connectivity index is 2.58. The van der Waals surface area contributed by atoms with Crippen molar-refractivity contribution < 1.29 is 9.53 Å².